The van der Waals surface area contributed by atoms with Crippen LogP contribution in [0.15, 0.2) is 66.0 Å². The Hall–Kier alpha value is -2.76. The maximum atomic E-state index is 14.1. The van der Waals surface area contributed by atoms with Gasteiger partial charge in [-0.05, 0) is 49.4 Å². The van der Waals surface area contributed by atoms with E-state index in [0.717, 1.165) is 41.1 Å². The average Bonchev–Trinajstić information content (AvgIpc) is 3.54. The highest BCUT2D eigenvalue weighted by molar-refractivity contribution is 7.12. The first-order chi connectivity index (χ1) is 15.1. The van der Waals surface area contributed by atoms with Crippen LogP contribution >= 0.6 is 11.3 Å². The summed E-state index contributed by atoms with van der Waals surface area (Å²) in [6.07, 6.45) is 2.05. The standard InChI is InChI=1S/C26H24N2O2S/c1-16-10-12-17(13-11-16)22-20-8-4-14-28(20)26(23(22)24(29)21-9-5-15-31-21)18-6-2-3-7-19(18)27-25(26)30/h2-3,5-7,9-13,15,20,22-23H,4,8,14H2,1H3,(H,27,30)/t20?,22-,23-,26+/m1/s1. The van der Waals surface area contributed by atoms with Crippen LogP contribution in [0.5, 0.6) is 0 Å². The summed E-state index contributed by atoms with van der Waals surface area (Å²) < 4.78 is 0. The topological polar surface area (TPSA) is 49.4 Å². The number of para-hydroxylation sites is 1. The smallest absolute Gasteiger partial charge is 0.250 e. The number of hydrogen-bond donors (Lipinski definition) is 1. The van der Waals surface area contributed by atoms with Gasteiger partial charge in [0.1, 0.15) is 5.54 Å². The third kappa shape index (κ3) is 2.50. The number of carbonyl (C=O) groups excluding carboxylic acids is 2. The molecule has 6 rings (SSSR count). The van der Waals surface area contributed by atoms with Gasteiger partial charge in [0.05, 0.1) is 10.8 Å². The number of benzene rings is 2. The van der Waals surface area contributed by atoms with E-state index in [4.69, 9.17) is 0 Å². The molecular formula is C26H24N2O2S. The number of anilines is 1. The van der Waals surface area contributed by atoms with Gasteiger partial charge in [-0.1, -0.05) is 54.1 Å². The van der Waals surface area contributed by atoms with E-state index < -0.39 is 11.5 Å². The van der Waals surface area contributed by atoms with Crippen molar-refractivity contribution in [2.45, 2.75) is 37.3 Å². The molecule has 4 atom stereocenters. The van der Waals surface area contributed by atoms with Gasteiger partial charge in [-0.3, -0.25) is 14.5 Å². The summed E-state index contributed by atoms with van der Waals surface area (Å²) in [5.74, 6) is -0.440. The number of nitrogens with one attached hydrogen (secondary N) is 1. The summed E-state index contributed by atoms with van der Waals surface area (Å²) >= 11 is 1.47. The molecule has 31 heavy (non-hydrogen) atoms. The van der Waals surface area contributed by atoms with Crippen molar-refractivity contribution in [3.63, 3.8) is 0 Å². The molecule has 1 aromatic heterocycles. The van der Waals surface area contributed by atoms with Crippen LogP contribution in [-0.4, -0.2) is 29.2 Å². The zero-order chi connectivity index (χ0) is 21.2. The van der Waals surface area contributed by atoms with Gasteiger partial charge in [0, 0.05) is 23.2 Å². The van der Waals surface area contributed by atoms with E-state index in [-0.39, 0.29) is 23.7 Å². The van der Waals surface area contributed by atoms with E-state index in [1.807, 2.05) is 41.8 Å². The molecular weight excluding hydrogens is 404 g/mol. The van der Waals surface area contributed by atoms with Gasteiger partial charge < -0.3 is 5.32 Å². The second-order valence-electron chi connectivity index (χ2n) is 8.92. The van der Waals surface area contributed by atoms with Crippen LogP contribution in [0.3, 0.4) is 0 Å². The Morgan fingerprint density at radius 3 is 2.68 bits per heavy atom. The van der Waals surface area contributed by atoms with Crippen molar-refractivity contribution in [3.05, 3.63) is 87.6 Å². The van der Waals surface area contributed by atoms with Crippen molar-refractivity contribution in [3.8, 4) is 0 Å². The van der Waals surface area contributed by atoms with Crippen LogP contribution in [0.4, 0.5) is 5.69 Å². The predicted octanol–water partition coefficient (Wildman–Crippen LogP) is 4.96. The number of rotatable bonds is 3. The molecule has 1 spiro atoms. The molecule has 0 saturated carbocycles. The molecule has 2 saturated heterocycles. The molecule has 156 valence electrons. The fraction of sp³-hybridized carbons (Fsp3) is 0.308. The normalized spacial score (nSPS) is 29.2. The lowest BCUT2D eigenvalue weighted by Crippen LogP contribution is -2.52. The van der Waals surface area contributed by atoms with Gasteiger partial charge in [0.2, 0.25) is 5.91 Å². The Morgan fingerprint density at radius 2 is 1.90 bits per heavy atom. The van der Waals surface area contributed by atoms with E-state index in [0.29, 0.717) is 0 Å². The summed E-state index contributed by atoms with van der Waals surface area (Å²) in [5, 5.41) is 5.07. The highest BCUT2D eigenvalue weighted by atomic mass is 32.1. The lowest BCUT2D eigenvalue weighted by atomic mass is 9.69. The minimum absolute atomic E-state index is 0.0189. The van der Waals surface area contributed by atoms with Crippen LogP contribution in [0.25, 0.3) is 0 Å². The van der Waals surface area contributed by atoms with Crippen LogP contribution < -0.4 is 5.32 Å². The molecule has 0 radical (unpaired) electrons. The van der Waals surface area contributed by atoms with Gasteiger partial charge in [-0.25, -0.2) is 0 Å². The first kappa shape index (κ1) is 19.0. The third-order valence-corrected chi connectivity index (χ3v) is 8.30. The first-order valence-corrected chi connectivity index (χ1v) is 11.8. The zero-order valence-corrected chi connectivity index (χ0v) is 18.2. The second kappa shape index (κ2) is 6.87. The van der Waals surface area contributed by atoms with E-state index in [2.05, 4.69) is 41.4 Å². The maximum Gasteiger partial charge on any atom is 0.250 e. The largest absolute Gasteiger partial charge is 0.324 e. The van der Waals surface area contributed by atoms with Gasteiger partial charge >= 0.3 is 0 Å². The van der Waals surface area contributed by atoms with Gasteiger partial charge in [0.25, 0.3) is 0 Å². The summed E-state index contributed by atoms with van der Waals surface area (Å²) in [5.41, 5.74) is 3.20. The molecule has 5 heteroatoms. The van der Waals surface area contributed by atoms with Crippen LogP contribution in [-0.2, 0) is 10.3 Å². The van der Waals surface area contributed by atoms with E-state index in [1.54, 1.807) is 0 Å². The Bertz CT molecular complexity index is 1170. The molecule has 3 aliphatic rings. The SMILES string of the molecule is Cc1ccc([C@@H]2C3CCCN3[C@]3(C(=O)Nc4ccccc43)[C@H]2C(=O)c2cccs2)cc1. The molecule has 0 aliphatic carbocycles. The van der Waals surface area contributed by atoms with E-state index in [1.165, 1.54) is 16.9 Å². The fourth-order valence-corrected chi connectivity index (χ4v) is 6.95. The number of fused-ring (bicyclic) bond motifs is 4. The van der Waals surface area contributed by atoms with E-state index >= 15 is 0 Å². The van der Waals surface area contributed by atoms with Crippen molar-refractivity contribution < 1.29 is 9.59 Å². The lowest BCUT2D eigenvalue weighted by molar-refractivity contribution is -0.127. The quantitative estimate of drug-likeness (QED) is 0.600. The Kier molecular flexibility index (Phi) is 4.20. The number of aryl methyl sites for hydroxylation is 1. The van der Waals surface area contributed by atoms with Crippen molar-refractivity contribution in [2.75, 3.05) is 11.9 Å². The van der Waals surface area contributed by atoms with Crippen molar-refractivity contribution in [2.24, 2.45) is 5.92 Å². The Balaban J connectivity index is 1.62. The number of nitrogens with zero attached hydrogens (tertiary/aromatic N) is 1. The number of thiophene rings is 1. The predicted molar refractivity (Wildman–Crippen MR) is 123 cm³/mol. The highest BCUT2D eigenvalue weighted by Gasteiger charge is 2.69. The van der Waals surface area contributed by atoms with Gasteiger partial charge in [-0.2, -0.15) is 0 Å². The molecule has 2 fully saturated rings. The highest BCUT2D eigenvalue weighted by Crippen LogP contribution is 2.61. The van der Waals surface area contributed by atoms with Crippen LogP contribution in [0.2, 0.25) is 0 Å². The zero-order valence-electron chi connectivity index (χ0n) is 17.4. The first-order valence-electron chi connectivity index (χ1n) is 10.9. The average molecular weight is 429 g/mol. The van der Waals surface area contributed by atoms with Crippen molar-refractivity contribution in [1.82, 2.24) is 4.90 Å². The molecule has 0 bridgehead atoms. The number of carbonyl (C=O) groups is 2. The number of amides is 1. The minimum Gasteiger partial charge on any atom is -0.324 e. The molecule has 2 aromatic carbocycles. The van der Waals surface area contributed by atoms with E-state index in [9.17, 15) is 9.59 Å². The number of Topliss-reactive ketones (excluding diaryl/α,β-unsaturated/α-hetero) is 1. The second-order valence-corrected chi connectivity index (χ2v) is 9.87. The maximum absolute atomic E-state index is 14.1. The summed E-state index contributed by atoms with van der Waals surface area (Å²) in [4.78, 5) is 31.0. The van der Waals surface area contributed by atoms with Crippen molar-refractivity contribution in [1.29, 1.82) is 0 Å². The molecule has 3 aromatic rings. The van der Waals surface area contributed by atoms with Gasteiger partial charge in [-0.15, -0.1) is 11.3 Å². The summed E-state index contributed by atoms with van der Waals surface area (Å²) in [6, 6.07) is 20.5. The minimum atomic E-state index is -0.950. The molecule has 1 N–H and O–H groups in total. The molecule has 1 amide bonds. The lowest BCUT2D eigenvalue weighted by Gasteiger charge is -2.36. The third-order valence-electron chi connectivity index (χ3n) is 7.42. The summed E-state index contributed by atoms with van der Waals surface area (Å²) in [6.45, 7) is 2.92. The Morgan fingerprint density at radius 1 is 1.10 bits per heavy atom. The molecule has 3 aliphatic heterocycles. The molecule has 4 nitrogen and oxygen atoms in total. The molecule has 1 unspecified atom stereocenters. The summed E-state index contributed by atoms with van der Waals surface area (Å²) in [7, 11) is 0. The van der Waals surface area contributed by atoms with Gasteiger partial charge in [0.15, 0.2) is 5.78 Å². The van der Waals surface area contributed by atoms with Crippen LogP contribution in [0, 0.1) is 12.8 Å². The monoisotopic (exact) mass is 428 g/mol. The Labute approximate surface area is 185 Å². The number of ketones is 1. The number of hydrogen-bond acceptors (Lipinski definition) is 4. The van der Waals surface area contributed by atoms with Crippen molar-refractivity contribution >= 4 is 28.7 Å². The molecule has 4 heterocycles. The fourth-order valence-electron chi connectivity index (χ4n) is 6.25. The van der Waals surface area contributed by atoms with Crippen LogP contribution in [0.1, 0.15) is 45.1 Å².